The number of rotatable bonds is 6. The third-order valence-electron chi connectivity index (χ3n) is 7.31. The van der Waals surface area contributed by atoms with Gasteiger partial charge in [0, 0.05) is 51.5 Å². The van der Waals surface area contributed by atoms with Gasteiger partial charge in [-0.3, -0.25) is 9.69 Å². The molecule has 1 amide bonds. The summed E-state index contributed by atoms with van der Waals surface area (Å²) in [5.74, 6) is 3.26. The van der Waals surface area contributed by atoms with Gasteiger partial charge in [0.15, 0.2) is 0 Å². The summed E-state index contributed by atoms with van der Waals surface area (Å²) in [6, 6.07) is 8.61. The fourth-order valence-corrected chi connectivity index (χ4v) is 5.45. The van der Waals surface area contributed by atoms with Gasteiger partial charge in [-0.05, 0) is 56.3 Å². The third kappa shape index (κ3) is 4.98. The summed E-state index contributed by atoms with van der Waals surface area (Å²) in [6.07, 6.45) is 7.19. The minimum Gasteiger partial charge on any atom is -0.490 e. The molecule has 2 aromatic rings. The molecule has 33 heavy (non-hydrogen) atoms. The number of anilines is 1. The van der Waals surface area contributed by atoms with Crippen LogP contribution >= 0.6 is 0 Å². The number of hydrogen-bond acceptors (Lipinski definition) is 6. The second kappa shape index (κ2) is 9.67. The molecule has 1 aromatic heterocycles. The van der Waals surface area contributed by atoms with E-state index in [1.807, 2.05) is 11.9 Å². The van der Waals surface area contributed by atoms with E-state index in [4.69, 9.17) is 14.7 Å². The summed E-state index contributed by atoms with van der Waals surface area (Å²) < 4.78 is 6.20. The quantitative estimate of drug-likeness (QED) is 0.725. The molecule has 3 heterocycles. The van der Waals surface area contributed by atoms with Crippen LogP contribution in [0.5, 0.6) is 5.75 Å². The monoisotopic (exact) mass is 449 g/mol. The highest BCUT2D eigenvalue weighted by molar-refractivity contribution is 5.74. The number of likely N-dealkylation sites (tertiary alicyclic amines) is 1. The molecular weight excluding hydrogens is 414 g/mol. The molecule has 0 spiro atoms. The molecule has 0 unspecified atom stereocenters. The summed E-state index contributed by atoms with van der Waals surface area (Å²) >= 11 is 0. The highest BCUT2D eigenvalue weighted by Crippen LogP contribution is 2.31. The van der Waals surface area contributed by atoms with Crippen molar-refractivity contribution in [1.29, 1.82) is 0 Å². The maximum atomic E-state index is 11.8. The SMILES string of the molecule is CNc1nc([C@@H]2CCN(Cc3cccc(OC4CCCC4)c3)C2)nc2c1CN(C(C)=O)CC2. The maximum absolute atomic E-state index is 11.8. The third-order valence-corrected chi connectivity index (χ3v) is 7.31. The van der Waals surface area contributed by atoms with Crippen LogP contribution < -0.4 is 10.1 Å². The van der Waals surface area contributed by atoms with Gasteiger partial charge in [0.1, 0.15) is 17.4 Å². The molecule has 0 radical (unpaired) electrons. The Morgan fingerprint density at radius 3 is 2.82 bits per heavy atom. The van der Waals surface area contributed by atoms with Gasteiger partial charge in [-0.25, -0.2) is 9.97 Å². The lowest BCUT2D eigenvalue weighted by molar-refractivity contribution is -0.129. The minimum atomic E-state index is 0.107. The lowest BCUT2D eigenvalue weighted by atomic mass is 10.0. The Labute approximate surface area is 196 Å². The number of nitrogens with zero attached hydrogens (tertiary/aromatic N) is 4. The van der Waals surface area contributed by atoms with E-state index in [0.29, 0.717) is 18.6 Å². The molecule has 1 saturated carbocycles. The Bertz CT molecular complexity index is 987. The lowest BCUT2D eigenvalue weighted by Crippen LogP contribution is -2.35. The average molecular weight is 450 g/mol. The fraction of sp³-hybridized carbons (Fsp3) is 0.577. The molecule has 3 aliphatic rings. The van der Waals surface area contributed by atoms with E-state index in [1.165, 1.54) is 31.2 Å². The van der Waals surface area contributed by atoms with E-state index in [-0.39, 0.29) is 5.91 Å². The standard InChI is InChI=1S/C26H35N5O2/c1-18(32)31-13-11-24-23(17-31)26(27-2)29-25(28-24)20-10-12-30(16-20)15-19-6-5-9-22(14-19)33-21-7-3-4-8-21/h5-6,9,14,20-21H,3-4,7-8,10-13,15-17H2,1-2H3,(H,27,28,29)/t20-/m1/s1. The minimum absolute atomic E-state index is 0.107. The number of carbonyl (C=O) groups is 1. The number of benzene rings is 1. The molecule has 1 atom stereocenters. The van der Waals surface area contributed by atoms with Crippen LogP contribution in [-0.4, -0.2) is 58.5 Å². The van der Waals surface area contributed by atoms with Crippen LogP contribution in [0.25, 0.3) is 0 Å². The van der Waals surface area contributed by atoms with Gasteiger partial charge in [-0.15, -0.1) is 0 Å². The van der Waals surface area contributed by atoms with Crippen LogP contribution in [0, 0.1) is 0 Å². The Kier molecular flexibility index (Phi) is 6.49. The van der Waals surface area contributed by atoms with Gasteiger partial charge >= 0.3 is 0 Å². The first-order valence-corrected chi connectivity index (χ1v) is 12.4. The van der Waals surface area contributed by atoms with Gasteiger partial charge in [0.25, 0.3) is 0 Å². The van der Waals surface area contributed by atoms with Crippen LogP contribution in [0.3, 0.4) is 0 Å². The number of ether oxygens (including phenoxy) is 1. The summed E-state index contributed by atoms with van der Waals surface area (Å²) in [7, 11) is 1.90. The zero-order valence-electron chi connectivity index (χ0n) is 19.8. The molecule has 1 aromatic carbocycles. The van der Waals surface area contributed by atoms with Crippen molar-refractivity contribution in [3.63, 3.8) is 0 Å². The normalized spacial score (nSPS) is 21.3. The average Bonchev–Trinajstić information content (AvgIpc) is 3.50. The predicted octanol–water partition coefficient (Wildman–Crippen LogP) is 3.73. The first-order valence-electron chi connectivity index (χ1n) is 12.4. The molecule has 1 N–H and O–H groups in total. The zero-order valence-corrected chi connectivity index (χ0v) is 19.8. The Morgan fingerprint density at radius 1 is 1.18 bits per heavy atom. The number of carbonyl (C=O) groups excluding carboxylic acids is 1. The van der Waals surface area contributed by atoms with Crippen molar-refractivity contribution >= 4 is 11.7 Å². The van der Waals surface area contributed by atoms with Crippen molar-refractivity contribution in [2.24, 2.45) is 0 Å². The number of nitrogens with one attached hydrogen (secondary N) is 1. The van der Waals surface area contributed by atoms with Gasteiger partial charge < -0.3 is 15.0 Å². The second-order valence-corrected chi connectivity index (χ2v) is 9.69. The van der Waals surface area contributed by atoms with Gasteiger partial charge in [-0.1, -0.05) is 12.1 Å². The van der Waals surface area contributed by atoms with Gasteiger partial charge in [0.05, 0.1) is 18.3 Å². The second-order valence-electron chi connectivity index (χ2n) is 9.69. The van der Waals surface area contributed by atoms with E-state index in [0.717, 1.165) is 67.7 Å². The smallest absolute Gasteiger partial charge is 0.219 e. The Balaban J connectivity index is 1.25. The molecule has 5 rings (SSSR count). The molecule has 1 aliphatic carbocycles. The van der Waals surface area contributed by atoms with Crippen molar-refractivity contribution in [2.75, 3.05) is 32.0 Å². The molecule has 0 bridgehead atoms. The van der Waals surface area contributed by atoms with Crippen LogP contribution in [-0.2, 0) is 24.3 Å². The molecule has 2 fully saturated rings. The van der Waals surface area contributed by atoms with Crippen molar-refractivity contribution in [3.8, 4) is 5.75 Å². The molecule has 176 valence electrons. The van der Waals surface area contributed by atoms with Crippen molar-refractivity contribution < 1.29 is 9.53 Å². The fourth-order valence-electron chi connectivity index (χ4n) is 5.45. The van der Waals surface area contributed by atoms with Crippen molar-refractivity contribution in [2.45, 2.75) is 70.6 Å². The van der Waals surface area contributed by atoms with E-state index >= 15 is 0 Å². The summed E-state index contributed by atoms with van der Waals surface area (Å²) in [4.78, 5) is 26.1. The highest BCUT2D eigenvalue weighted by atomic mass is 16.5. The van der Waals surface area contributed by atoms with E-state index in [1.54, 1.807) is 6.92 Å². The lowest BCUT2D eigenvalue weighted by Gasteiger charge is -2.29. The molecular formula is C26H35N5O2. The first kappa shape index (κ1) is 22.1. The zero-order chi connectivity index (χ0) is 22.8. The number of aromatic nitrogens is 2. The molecule has 1 saturated heterocycles. The number of fused-ring (bicyclic) bond motifs is 1. The molecule has 7 nitrogen and oxygen atoms in total. The van der Waals surface area contributed by atoms with Crippen LogP contribution in [0.1, 0.15) is 67.6 Å². The largest absolute Gasteiger partial charge is 0.490 e. The van der Waals surface area contributed by atoms with E-state index < -0.39 is 0 Å². The predicted molar refractivity (Wildman–Crippen MR) is 128 cm³/mol. The summed E-state index contributed by atoms with van der Waals surface area (Å²) in [6.45, 7) is 5.90. The van der Waals surface area contributed by atoms with Crippen LogP contribution in [0.15, 0.2) is 24.3 Å². The number of hydrogen-bond donors (Lipinski definition) is 1. The maximum Gasteiger partial charge on any atom is 0.219 e. The number of amides is 1. The van der Waals surface area contributed by atoms with Crippen LogP contribution in [0.2, 0.25) is 0 Å². The van der Waals surface area contributed by atoms with Crippen molar-refractivity contribution in [1.82, 2.24) is 19.8 Å². The highest BCUT2D eigenvalue weighted by Gasteiger charge is 2.30. The Morgan fingerprint density at radius 2 is 2.03 bits per heavy atom. The van der Waals surface area contributed by atoms with E-state index in [9.17, 15) is 4.79 Å². The summed E-state index contributed by atoms with van der Waals surface area (Å²) in [5.41, 5.74) is 3.46. The first-order chi connectivity index (χ1) is 16.1. The van der Waals surface area contributed by atoms with Crippen molar-refractivity contribution in [3.05, 3.63) is 46.9 Å². The van der Waals surface area contributed by atoms with Gasteiger partial charge in [-0.2, -0.15) is 0 Å². The topological polar surface area (TPSA) is 70.6 Å². The summed E-state index contributed by atoms with van der Waals surface area (Å²) in [5, 5.41) is 3.25. The van der Waals surface area contributed by atoms with Gasteiger partial charge in [0.2, 0.25) is 5.91 Å². The van der Waals surface area contributed by atoms with E-state index in [2.05, 4.69) is 34.5 Å². The van der Waals surface area contributed by atoms with Crippen LogP contribution in [0.4, 0.5) is 5.82 Å². The molecule has 2 aliphatic heterocycles. The molecule has 7 heteroatoms. The Hall–Kier alpha value is -2.67.